The maximum atomic E-state index is 12.7. The molecule has 0 aliphatic carbocycles. The van der Waals surface area contributed by atoms with E-state index in [1.165, 1.54) is 5.56 Å². The number of ether oxygens (including phenoxy) is 1. The van der Waals surface area contributed by atoms with Crippen LogP contribution in [0.5, 0.6) is 0 Å². The molecule has 0 atom stereocenters. The summed E-state index contributed by atoms with van der Waals surface area (Å²) < 4.78 is 5.14. The zero-order valence-electron chi connectivity index (χ0n) is 17.6. The third-order valence-electron chi connectivity index (χ3n) is 5.22. The molecule has 0 radical (unpaired) electrons. The third-order valence-corrected chi connectivity index (χ3v) is 5.22. The van der Waals surface area contributed by atoms with Crippen LogP contribution in [0.2, 0.25) is 0 Å². The van der Waals surface area contributed by atoms with Gasteiger partial charge in [-0.1, -0.05) is 37.3 Å². The summed E-state index contributed by atoms with van der Waals surface area (Å²) in [6.07, 6.45) is 1.51. The van der Waals surface area contributed by atoms with Crippen molar-refractivity contribution in [1.82, 2.24) is 14.9 Å². The SMILES string of the molecule is CCCOC(=O)c1ccc(Nc2nc3c(c(=O)[nH]2)CN(Cc2ccccc2)CC3)cc1. The fraction of sp³-hybridized carbons (Fsp3) is 0.292. The van der Waals surface area contributed by atoms with Crippen molar-refractivity contribution in [1.29, 1.82) is 0 Å². The molecular formula is C24H26N4O3. The van der Waals surface area contributed by atoms with Crippen LogP contribution < -0.4 is 10.9 Å². The number of aromatic amines is 1. The fourth-order valence-corrected chi connectivity index (χ4v) is 3.62. The van der Waals surface area contributed by atoms with E-state index in [0.29, 0.717) is 24.7 Å². The molecule has 0 unspecified atom stereocenters. The maximum Gasteiger partial charge on any atom is 0.338 e. The summed E-state index contributed by atoms with van der Waals surface area (Å²) in [5, 5.41) is 3.12. The van der Waals surface area contributed by atoms with Crippen molar-refractivity contribution < 1.29 is 9.53 Å². The number of aromatic nitrogens is 2. The minimum absolute atomic E-state index is 0.120. The van der Waals surface area contributed by atoms with Crippen LogP contribution in [0.15, 0.2) is 59.4 Å². The van der Waals surface area contributed by atoms with Crippen molar-refractivity contribution in [3.63, 3.8) is 0 Å². The van der Waals surface area contributed by atoms with Crippen molar-refractivity contribution in [3.8, 4) is 0 Å². The monoisotopic (exact) mass is 418 g/mol. The Kier molecular flexibility index (Phi) is 6.43. The molecule has 0 spiro atoms. The normalized spacial score (nSPS) is 13.5. The first-order valence-electron chi connectivity index (χ1n) is 10.5. The van der Waals surface area contributed by atoms with E-state index in [-0.39, 0.29) is 11.5 Å². The predicted molar refractivity (Wildman–Crippen MR) is 119 cm³/mol. The number of anilines is 2. The zero-order valence-corrected chi connectivity index (χ0v) is 17.6. The maximum absolute atomic E-state index is 12.7. The first-order valence-corrected chi connectivity index (χ1v) is 10.5. The smallest absolute Gasteiger partial charge is 0.338 e. The number of hydrogen-bond acceptors (Lipinski definition) is 6. The molecule has 0 bridgehead atoms. The quantitative estimate of drug-likeness (QED) is 0.570. The molecule has 2 aromatic carbocycles. The summed E-state index contributed by atoms with van der Waals surface area (Å²) >= 11 is 0. The number of hydrogen-bond donors (Lipinski definition) is 2. The lowest BCUT2D eigenvalue weighted by Crippen LogP contribution is -2.35. The fourth-order valence-electron chi connectivity index (χ4n) is 3.62. The van der Waals surface area contributed by atoms with Gasteiger partial charge >= 0.3 is 5.97 Å². The molecule has 7 nitrogen and oxygen atoms in total. The molecule has 160 valence electrons. The van der Waals surface area contributed by atoms with Crippen molar-refractivity contribution >= 4 is 17.6 Å². The molecule has 2 N–H and O–H groups in total. The average molecular weight is 418 g/mol. The van der Waals surface area contributed by atoms with E-state index in [2.05, 4.69) is 32.3 Å². The van der Waals surface area contributed by atoms with Gasteiger partial charge < -0.3 is 10.1 Å². The van der Waals surface area contributed by atoms with E-state index in [1.54, 1.807) is 24.3 Å². The summed E-state index contributed by atoms with van der Waals surface area (Å²) in [4.78, 5) is 34.3. The molecule has 0 fully saturated rings. The number of nitrogens with zero attached hydrogens (tertiary/aromatic N) is 2. The van der Waals surface area contributed by atoms with Gasteiger partial charge in [-0.25, -0.2) is 9.78 Å². The van der Waals surface area contributed by atoms with Gasteiger partial charge in [0.05, 0.1) is 23.4 Å². The topological polar surface area (TPSA) is 87.3 Å². The van der Waals surface area contributed by atoms with E-state index in [0.717, 1.165) is 42.9 Å². The standard InChI is InChI=1S/C24H26N4O3/c1-2-14-31-23(30)18-8-10-19(11-9-18)25-24-26-21-12-13-28(16-20(21)22(29)27-24)15-17-6-4-3-5-7-17/h3-11H,2,12-16H2,1H3,(H2,25,26,27,29). The first kappa shape index (κ1) is 20.8. The number of esters is 1. The molecule has 0 saturated heterocycles. The van der Waals surface area contributed by atoms with Crippen LogP contribution in [0.4, 0.5) is 11.6 Å². The molecule has 0 amide bonds. The van der Waals surface area contributed by atoms with Gasteiger partial charge in [0.2, 0.25) is 5.95 Å². The van der Waals surface area contributed by atoms with Gasteiger partial charge in [-0.3, -0.25) is 14.7 Å². The number of fused-ring (bicyclic) bond motifs is 1. The highest BCUT2D eigenvalue weighted by molar-refractivity contribution is 5.89. The van der Waals surface area contributed by atoms with Gasteiger partial charge in [-0.2, -0.15) is 0 Å². The minimum Gasteiger partial charge on any atom is -0.462 e. The molecule has 3 aromatic rings. The van der Waals surface area contributed by atoms with Crippen LogP contribution in [0.3, 0.4) is 0 Å². The van der Waals surface area contributed by atoms with Crippen LogP contribution in [-0.2, 0) is 24.2 Å². The van der Waals surface area contributed by atoms with Gasteiger partial charge in [0.1, 0.15) is 0 Å². The number of benzene rings is 2. The second-order valence-corrected chi connectivity index (χ2v) is 7.62. The Morgan fingerprint density at radius 2 is 1.94 bits per heavy atom. The Balaban J connectivity index is 1.43. The Labute approximate surface area is 181 Å². The van der Waals surface area contributed by atoms with E-state index in [9.17, 15) is 9.59 Å². The van der Waals surface area contributed by atoms with Crippen LogP contribution in [-0.4, -0.2) is 34.0 Å². The highest BCUT2D eigenvalue weighted by Crippen LogP contribution is 2.19. The summed E-state index contributed by atoms with van der Waals surface area (Å²) in [7, 11) is 0. The van der Waals surface area contributed by atoms with Gasteiger partial charge in [-0.05, 0) is 36.2 Å². The minimum atomic E-state index is -0.339. The molecule has 0 saturated carbocycles. The highest BCUT2D eigenvalue weighted by atomic mass is 16.5. The van der Waals surface area contributed by atoms with Crippen LogP contribution in [0.1, 0.15) is 40.5 Å². The molecule has 1 aliphatic rings. The summed E-state index contributed by atoms with van der Waals surface area (Å²) in [5.74, 6) is 0.0651. The van der Waals surface area contributed by atoms with Crippen LogP contribution >= 0.6 is 0 Å². The zero-order chi connectivity index (χ0) is 21.6. The largest absolute Gasteiger partial charge is 0.462 e. The van der Waals surface area contributed by atoms with Crippen molar-refractivity contribution in [2.45, 2.75) is 32.9 Å². The lowest BCUT2D eigenvalue weighted by molar-refractivity contribution is 0.0505. The number of nitrogens with one attached hydrogen (secondary N) is 2. The Bertz CT molecular complexity index is 1090. The number of rotatable bonds is 7. The number of H-pyrrole nitrogens is 1. The number of carbonyl (C=O) groups is 1. The van der Waals surface area contributed by atoms with Gasteiger partial charge in [0.15, 0.2) is 0 Å². The lowest BCUT2D eigenvalue weighted by atomic mass is 10.1. The average Bonchev–Trinajstić information content (AvgIpc) is 2.79. The molecule has 1 aromatic heterocycles. The number of carbonyl (C=O) groups excluding carboxylic acids is 1. The first-order chi connectivity index (χ1) is 15.1. The van der Waals surface area contributed by atoms with Crippen molar-refractivity contribution in [2.24, 2.45) is 0 Å². The van der Waals surface area contributed by atoms with Crippen molar-refractivity contribution in [3.05, 3.63) is 87.3 Å². The summed E-state index contributed by atoms with van der Waals surface area (Å²) in [5.41, 5.74) is 3.89. The predicted octanol–water partition coefficient (Wildman–Crippen LogP) is 3.64. The van der Waals surface area contributed by atoms with Crippen LogP contribution in [0, 0.1) is 0 Å². The molecule has 2 heterocycles. The molecule has 31 heavy (non-hydrogen) atoms. The molecule has 4 rings (SSSR count). The molecule has 1 aliphatic heterocycles. The molecule has 7 heteroatoms. The van der Waals surface area contributed by atoms with E-state index < -0.39 is 0 Å². The Morgan fingerprint density at radius 3 is 2.68 bits per heavy atom. The second kappa shape index (κ2) is 9.57. The van der Waals surface area contributed by atoms with E-state index in [4.69, 9.17) is 4.74 Å². The van der Waals surface area contributed by atoms with Crippen molar-refractivity contribution in [2.75, 3.05) is 18.5 Å². The van der Waals surface area contributed by atoms with E-state index in [1.807, 2.05) is 25.1 Å². The van der Waals surface area contributed by atoms with Gasteiger partial charge in [0, 0.05) is 31.7 Å². The summed E-state index contributed by atoms with van der Waals surface area (Å²) in [6, 6.07) is 17.2. The van der Waals surface area contributed by atoms with Gasteiger partial charge in [0.25, 0.3) is 5.56 Å². The summed E-state index contributed by atoms with van der Waals surface area (Å²) in [6.45, 7) is 4.61. The second-order valence-electron chi connectivity index (χ2n) is 7.62. The highest BCUT2D eigenvalue weighted by Gasteiger charge is 2.21. The Morgan fingerprint density at radius 1 is 1.16 bits per heavy atom. The molecular weight excluding hydrogens is 392 g/mol. The lowest BCUT2D eigenvalue weighted by Gasteiger charge is -2.27. The van der Waals surface area contributed by atoms with E-state index >= 15 is 0 Å². The van der Waals surface area contributed by atoms with Crippen LogP contribution in [0.25, 0.3) is 0 Å². The Hall–Kier alpha value is -3.45. The third kappa shape index (κ3) is 5.19. The van der Waals surface area contributed by atoms with Gasteiger partial charge in [-0.15, -0.1) is 0 Å².